The van der Waals surface area contributed by atoms with Gasteiger partial charge in [-0.1, -0.05) is 32.9 Å². The molecular formula is C21H29NO5S2. The third-order valence-electron chi connectivity index (χ3n) is 4.86. The molecule has 6 nitrogen and oxygen atoms in total. The van der Waals surface area contributed by atoms with E-state index in [9.17, 15) is 16.8 Å². The molecule has 29 heavy (non-hydrogen) atoms. The third-order valence-corrected chi connectivity index (χ3v) is 7.60. The van der Waals surface area contributed by atoms with Gasteiger partial charge in [-0.25, -0.2) is 21.6 Å². The maximum Gasteiger partial charge on any atom is 0.241 e. The number of hydrogen-bond acceptors (Lipinski definition) is 5. The Morgan fingerprint density at radius 3 is 2.07 bits per heavy atom. The van der Waals surface area contributed by atoms with Crippen LogP contribution in [0.15, 0.2) is 46.2 Å². The summed E-state index contributed by atoms with van der Waals surface area (Å²) in [4.78, 5) is 0.416. The Balaban J connectivity index is 2.42. The van der Waals surface area contributed by atoms with E-state index in [1.807, 2.05) is 20.8 Å². The Hall–Kier alpha value is -1.90. The predicted molar refractivity (Wildman–Crippen MR) is 115 cm³/mol. The van der Waals surface area contributed by atoms with Crippen molar-refractivity contribution in [1.82, 2.24) is 4.72 Å². The lowest BCUT2D eigenvalue weighted by atomic mass is 10.0. The molecule has 0 radical (unpaired) electrons. The molecule has 1 N–H and O–H groups in total. The van der Waals surface area contributed by atoms with E-state index >= 15 is 0 Å². The summed E-state index contributed by atoms with van der Waals surface area (Å²) in [6, 6.07) is 9.22. The fourth-order valence-corrected chi connectivity index (χ4v) is 5.38. The molecule has 0 amide bonds. The molecule has 0 aliphatic heterocycles. The van der Waals surface area contributed by atoms with Gasteiger partial charge in [0.1, 0.15) is 5.75 Å². The first-order valence-electron chi connectivity index (χ1n) is 9.41. The smallest absolute Gasteiger partial charge is 0.241 e. The molecule has 0 fully saturated rings. The maximum atomic E-state index is 13.1. The first kappa shape index (κ1) is 23.4. The molecule has 0 saturated heterocycles. The molecule has 0 aromatic heterocycles. The van der Waals surface area contributed by atoms with Gasteiger partial charge >= 0.3 is 0 Å². The summed E-state index contributed by atoms with van der Waals surface area (Å²) >= 11 is 0. The van der Waals surface area contributed by atoms with Crippen LogP contribution in [0, 0.1) is 6.92 Å². The van der Waals surface area contributed by atoms with Crippen LogP contribution < -0.4 is 9.46 Å². The van der Waals surface area contributed by atoms with Crippen LogP contribution >= 0.6 is 0 Å². The van der Waals surface area contributed by atoms with Crippen LogP contribution in [0.25, 0.3) is 0 Å². The summed E-state index contributed by atoms with van der Waals surface area (Å²) in [5.74, 6) is 0.768. The fourth-order valence-electron chi connectivity index (χ4n) is 3.18. The van der Waals surface area contributed by atoms with Gasteiger partial charge in [0.15, 0.2) is 9.84 Å². The SMILES string of the molecule is CCC(NS(=O)(=O)c1cc(C(C)C)c(OC)cc1C)c1ccc(S(C)(=O)=O)cc1. The van der Waals surface area contributed by atoms with Crippen molar-refractivity contribution in [2.75, 3.05) is 13.4 Å². The fraction of sp³-hybridized carbons (Fsp3) is 0.429. The van der Waals surface area contributed by atoms with Crippen LogP contribution in [0.5, 0.6) is 5.75 Å². The average Bonchev–Trinajstić information content (AvgIpc) is 2.64. The van der Waals surface area contributed by atoms with Crippen molar-refractivity contribution in [1.29, 1.82) is 0 Å². The van der Waals surface area contributed by atoms with E-state index in [0.717, 1.165) is 11.8 Å². The van der Waals surface area contributed by atoms with Crippen molar-refractivity contribution >= 4 is 19.9 Å². The van der Waals surface area contributed by atoms with Gasteiger partial charge in [0.2, 0.25) is 10.0 Å². The number of sulfone groups is 1. The molecule has 1 unspecified atom stereocenters. The minimum atomic E-state index is -3.79. The normalized spacial score (nSPS) is 13.5. The number of ether oxygens (including phenoxy) is 1. The quantitative estimate of drug-likeness (QED) is 0.672. The van der Waals surface area contributed by atoms with Crippen molar-refractivity contribution in [3.63, 3.8) is 0 Å². The lowest BCUT2D eigenvalue weighted by Crippen LogP contribution is -2.29. The summed E-state index contributed by atoms with van der Waals surface area (Å²) in [7, 11) is -5.53. The molecule has 2 aromatic rings. The second kappa shape index (κ2) is 8.85. The zero-order valence-corrected chi connectivity index (χ0v) is 19.3. The van der Waals surface area contributed by atoms with Crippen LogP contribution in [-0.4, -0.2) is 30.2 Å². The van der Waals surface area contributed by atoms with Crippen LogP contribution in [0.1, 0.15) is 55.8 Å². The molecule has 0 heterocycles. The topological polar surface area (TPSA) is 89.5 Å². The predicted octanol–water partition coefficient (Wildman–Crippen LogP) is 3.96. The van der Waals surface area contributed by atoms with E-state index in [-0.39, 0.29) is 15.7 Å². The molecular weight excluding hydrogens is 410 g/mol. The van der Waals surface area contributed by atoms with Crippen LogP contribution in [0.3, 0.4) is 0 Å². The van der Waals surface area contributed by atoms with Gasteiger partial charge in [0.05, 0.1) is 16.9 Å². The number of benzene rings is 2. The van der Waals surface area contributed by atoms with Crippen LogP contribution in [-0.2, 0) is 19.9 Å². The minimum absolute atomic E-state index is 0.102. The van der Waals surface area contributed by atoms with Gasteiger partial charge in [-0.2, -0.15) is 0 Å². The van der Waals surface area contributed by atoms with Crippen molar-refractivity contribution in [2.24, 2.45) is 0 Å². The Morgan fingerprint density at radius 2 is 1.62 bits per heavy atom. The molecule has 0 aliphatic rings. The summed E-state index contributed by atoms with van der Waals surface area (Å²) in [5.41, 5.74) is 2.13. The van der Waals surface area contributed by atoms with Gasteiger partial charge in [0, 0.05) is 12.3 Å². The summed E-state index contributed by atoms with van der Waals surface area (Å²) in [5, 5.41) is 0. The van der Waals surface area contributed by atoms with Gasteiger partial charge in [0.25, 0.3) is 0 Å². The van der Waals surface area contributed by atoms with E-state index in [1.165, 1.54) is 12.1 Å². The highest BCUT2D eigenvalue weighted by molar-refractivity contribution is 7.90. The number of methoxy groups -OCH3 is 1. The second-order valence-corrected chi connectivity index (χ2v) is 11.1. The summed E-state index contributed by atoms with van der Waals surface area (Å²) in [6.07, 6.45) is 1.66. The largest absolute Gasteiger partial charge is 0.496 e. The number of hydrogen-bond donors (Lipinski definition) is 1. The first-order chi connectivity index (χ1) is 13.4. The highest BCUT2D eigenvalue weighted by atomic mass is 32.2. The average molecular weight is 440 g/mol. The van der Waals surface area contributed by atoms with Gasteiger partial charge < -0.3 is 4.74 Å². The van der Waals surface area contributed by atoms with Crippen LogP contribution in [0.2, 0.25) is 0 Å². The third kappa shape index (κ3) is 5.38. The number of nitrogens with one attached hydrogen (secondary N) is 1. The lowest BCUT2D eigenvalue weighted by molar-refractivity contribution is 0.406. The maximum absolute atomic E-state index is 13.1. The zero-order chi connectivity index (χ0) is 22.0. The van der Waals surface area contributed by atoms with Crippen molar-refractivity contribution < 1.29 is 21.6 Å². The van der Waals surface area contributed by atoms with Gasteiger partial charge in [-0.3, -0.25) is 0 Å². The molecule has 160 valence electrons. The Morgan fingerprint density at radius 1 is 1.03 bits per heavy atom. The molecule has 0 bridgehead atoms. The molecule has 2 aromatic carbocycles. The molecule has 0 saturated carbocycles. The van der Waals surface area contributed by atoms with Gasteiger partial charge in [-0.05, 0) is 60.2 Å². The molecule has 2 rings (SSSR count). The van der Waals surface area contributed by atoms with E-state index < -0.39 is 25.9 Å². The van der Waals surface area contributed by atoms with E-state index in [1.54, 1.807) is 38.3 Å². The molecule has 1 atom stereocenters. The number of aryl methyl sites for hydroxylation is 1. The van der Waals surface area contributed by atoms with Crippen molar-refractivity contribution in [3.05, 3.63) is 53.1 Å². The lowest BCUT2D eigenvalue weighted by Gasteiger charge is -2.21. The van der Waals surface area contributed by atoms with E-state index in [0.29, 0.717) is 23.3 Å². The molecule has 0 aliphatic carbocycles. The molecule has 0 spiro atoms. The molecule has 8 heteroatoms. The zero-order valence-electron chi connectivity index (χ0n) is 17.7. The Kier molecular flexibility index (Phi) is 7.14. The van der Waals surface area contributed by atoms with E-state index in [4.69, 9.17) is 4.74 Å². The minimum Gasteiger partial charge on any atom is -0.496 e. The van der Waals surface area contributed by atoms with Crippen LogP contribution in [0.4, 0.5) is 0 Å². The number of rotatable bonds is 8. The first-order valence-corrected chi connectivity index (χ1v) is 12.8. The number of sulfonamides is 1. The Labute approximate surface area is 174 Å². The monoisotopic (exact) mass is 439 g/mol. The van der Waals surface area contributed by atoms with Crippen molar-refractivity contribution in [2.45, 2.75) is 55.9 Å². The van der Waals surface area contributed by atoms with Crippen molar-refractivity contribution in [3.8, 4) is 5.75 Å². The van der Waals surface area contributed by atoms with Gasteiger partial charge in [-0.15, -0.1) is 0 Å². The van der Waals surface area contributed by atoms with E-state index in [2.05, 4.69) is 4.72 Å². The summed E-state index contributed by atoms with van der Waals surface area (Å²) < 4.78 is 57.8. The Bertz CT molecular complexity index is 1070. The highest BCUT2D eigenvalue weighted by Gasteiger charge is 2.24. The standard InChI is InChI=1S/C21H29NO5S2/c1-7-19(16-8-10-17(11-9-16)28(6,23)24)22-29(25,26)21-13-18(14(2)3)20(27-5)12-15(21)4/h8-14,19,22H,7H2,1-6H3. The second-order valence-electron chi connectivity index (χ2n) is 7.44. The summed E-state index contributed by atoms with van der Waals surface area (Å²) in [6.45, 7) is 7.57. The highest BCUT2D eigenvalue weighted by Crippen LogP contribution is 2.32.